The quantitative estimate of drug-likeness (QED) is 0.510. The second-order valence-electron chi connectivity index (χ2n) is 9.13. The van der Waals surface area contributed by atoms with Crippen molar-refractivity contribution < 1.29 is 8.42 Å². The summed E-state index contributed by atoms with van der Waals surface area (Å²) in [7, 11) is -2.94. The molecule has 0 radical (unpaired) electrons. The van der Waals surface area contributed by atoms with Gasteiger partial charge in [-0.2, -0.15) is 0 Å². The molecule has 1 N–H and O–H groups in total. The van der Waals surface area contributed by atoms with E-state index in [9.17, 15) is 8.42 Å². The average molecular weight is 422 g/mol. The summed E-state index contributed by atoms with van der Waals surface area (Å²) in [5.74, 6) is 2.39. The fourth-order valence-electron chi connectivity index (χ4n) is 4.03. The molecule has 1 fully saturated rings. The predicted octanol–water partition coefficient (Wildman–Crippen LogP) is 3.93. The topological polar surface area (TPSA) is 61.8 Å². The third kappa shape index (κ3) is 7.65. The minimum absolute atomic E-state index is 0.143. The first-order valence-corrected chi connectivity index (χ1v) is 13.0. The molecule has 2 rings (SSSR count). The number of benzene rings is 1. The maximum absolute atomic E-state index is 11.5. The van der Waals surface area contributed by atoms with Crippen molar-refractivity contribution in [3.63, 3.8) is 0 Å². The Bertz CT molecular complexity index is 760. The van der Waals surface area contributed by atoms with Gasteiger partial charge in [-0.25, -0.2) is 8.42 Å². The Morgan fingerprint density at radius 3 is 2.52 bits per heavy atom. The second-order valence-corrected chi connectivity index (χ2v) is 11.4. The minimum atomic E-state index is -2.94. The van der Waals surface area contributed by atoms with E-state index in [0.29, 0.717) is 24.8 Å². The lowest BCUT2D eigenvalue weighted by Gasteiger charge is -2.40. The van der Waals surface area contributed by atoms with Gasteiger partial charge in [0.15, 0.2) is 5.96 Å². The van der Waals surface area contributed by atoms with Crippen LogP contribution in [0.2, 0.25) is 0 Å². The van der Waals surface area contributed by atoms with E-state index in [0.717, 1.165) is 38.4 Å². The molecule has 1 aliphatic heterocycles. The Morgan fingerprint density at radius 1 is 1.24 bits per heavy atom. The zero-order valence-electron chi connectivity index (χ0n) is 18.8. The Morgan fingerprint density at radius 2 is 1.93 bits per heavy atom. The summed E-state index contributed by atoms with van der Waals surface area (Å²) >= 11 is 0. The van der Waals surface area contributed by atoms with Crippen molar-refractivity contribution in [2.45, 2.75) is 52.9 Å². The molecule has 0 spiro atoms. The number of rotatable bonds is 8. The van der Waals surface area contributed by atoms with Crippen LogP contribution in [0.4, 0.5) is 0 Å². The zero-order valence-corrected chi connectivity index (χ0v) is 19.6. The van der Waals surface area contributed by atoms with Crippen LogP contribution in [0.15, 0.2) is 35.3 Å². The van der Waals surface area contributed by atoms with Gasteiger partial charge in [-0.15, -0.1) is 0 Å². The number of nitrogens with one attached hydrogen (secondary N) is 1. The molecule has 5 nitrogen and oxygen atoms in total. The molecule has 1 aromatic carbocycles. The van der Waals surface area contributed by atoms with E-state index < -0.39 is 9.84 Å². The van der Waals surface area contributed by atoms with Crippen LogP contribution < -0.4 is 5.32 Å². The van der Waals surface area contributed by atoms with Gasteiger partial charge >= 0.3 is 0 Å². The van der Waals surface area contributed by atoms with E-state index >= 15 is 0 Å². The molecule has 2 atom stereocenters. The Kier molecular flexibility index (Phi) is 8.56. The Labute approximate surface area is 177 Å². The smallest absolute Gasteiger partial charge is 0.193 e. The summed E-state index contributed by atoms with van der Waals surface area (Å²) in [4.78, 5) is 7.31. The number of likely N-dealkylation sites (tertiary alicyclic amines) is 1. The van der Waals surface area contributed by atoms with Gasteiger partial charge in [-0.05, 0) is 42.6 Å². The van der Waals surface area contributed by atoms with Crippen LogP contribution in [0.25, 0.3) is 0 Å². The first-order chi connectivity index (χ1) is 13.6. The van der Waals surface area contributed by atoms with Gasteiger partial charge < -0.3 is 10.2 Å². The lowest BCUT2D eigenvalue weighted by atomic mass is 9.79. The summed E-state index contributed by atoms with van der Waals surface area (Å²) in [6.45, 7) is 12.0. The van der Waals surface area contributed by atoms with Crippen LogP contribution >= 0.6 is 0 Å². The average Bonchev–Trinajstić information content (AvgIpc) is 2.69. The molecule has 2 unspecified atom stereocenters. The standard InChI is InChI=1S/C23H39N3O2S/c1-6-19-17-26(15-13-21(19)20-11-9-8-10-12-20)22(24-7-2)25-18-23(3,4)14-16-29(5,27)28/h8-12,19,21H,6-7,13-18H2,1-5H3,(H,24,25). The number of hydrogen-bond acceptors (Lipinski definition) is 3. The molecule has 29 heavy (non-hydrogen) atoms. The van der Waals surface area contributed by atoms with Crippen LogP contribution in [0.1, 0.15) is 58.4 Å². The monoisotopic (exact) mass is 421 g/mol. The highest BCUT2D eigenvalue weighted by atomic mass is 32.2. The molecule has 1 heterocycles. The normalized spacial score (nSPS) is 21.3. The van der Waals surface area contributed by atoms with Crippen LogP contribution in [0, 0.1) is 11.3 Å². The van der Waals surface area contributed by atoms with Crippen molar-refractivity contribution in [2.24, 2.45) is 16.3 Å². The van der Waals surface area contributed by atoms with E-state index in [-0.39, 0.29) is 11.2 Å². The molecule has 164 valence electrons. The van der Waals surface area contributed by atoms with E-state index in [2.05, 4.69) is 68.2 Å². The largest absolute Gasteiger partial charge is 0.357 e. The third-order valence-electron chi connectivity index (χ3n) is 5.93. The summed E-state index contributed by atoms with van der Waals surface area (Å²) < 4.78 is 23.1. The molecule has 0 bridgehead atoms. The lowest BCUT2D eigenvalue weighted by molar-refractivity contribution is 0.214. The fourth-order valence-corrected chi connectivity index (χ4v) is 4.96. The maximum atomic E-state index is 11.5. The number of aliphatic imine (C=N–C) groups is 1. The molecule has 1 aromatic rings. The maximum Gasteiger partial charge on any atom is 0.193 e. The molecule has 6 heteroatoms. The van der Waals surface area contributed by atoms with Crippen molar-refractivity contribution in [3.05, 3.63) is 35.9 Å². The van der Waals surface area contributed by atoms with Gasteiger partial charge in [0.25, 0.3) is 0 Å². The summed E-state index contributed by atoms with van der Waals surface area (Å²) in [6, 6.07) is 10.9. The second kappa shape index (κ2) is 10.5. The number of piperidine rings is 1. The van der Waals surface area contributed by atoms with Crippen LogP contribution in [-0.4, -0.2) is 57.5 Å². The first-order valence-electron chi connectivity index (χ1n) is 10.9. The molecule has 0 amide bonds. The predicted molar refractivity (Wildman–Crippen MR) is 123 cm³/mol. The third-order valence-corrected chi connectivity index (χ3v) is 6.87. The van der Waals surface area contributed by atoms with Crippen molar-refractivity contribution in [3.8, 4) is 0 Å². The van der Waals surface area contributed by atoms with E-state index in [1.165, 1.54) is 11.8 Å². The SMILES string of the molecule is CCNC(=NCC(C)(C)CCS(C)(=O)=O)N1CCC(c2ccccc2)C(CC)C1. The van der Waals surface area contributed by atoms with Gasteiger partial charge in [0, 0.05) is 32.4 Å². The zero-order chi connectivity index (χ0) is 21.5. The molecular weight excluding hydrogens is 382 g/mol. The summed E-state index contributed by atoms with van der Waals surface area (Å²) in [5, 5.41) is 3.45. The van der Waals surface area contributed by atoms with Gasteiger partial charge in [-0.3, -0.25) is 4.99 Å². The summed E-state index contributed by atoms with van der Waals surface area (Å²) in [6.07, 6.45) is 4.21. The minimum Gasteiger partial charge on any atom is -0.357 e. The summed E-state index contributed by atoms with van der Waals surface area (Å²) in [5.41, 5.74) is 1.30. The van der Waals surface area contributed by atoms with E-state index in [1.807, 2.05) is 0 Å². The highest BCUT2D eigenvalue weighted by molar-refractivity contribution is 7.90. The van der Waals surface area contributed by atoms with Crippen molar-refractivity contribution in [2.75, 3.05) is 38.2 Å². The molecule has 1 aliphatic rings. The van der Waals surface area contributed by atoms with E-state index in [4.69, 9.17) is 4.99 Å². The molecule has 0 aromatic heterocycles. The van der Waals surface area contributed by atoms with Crippen molar-refractivity contribution in [1.29, 1.82) is 0 Å². The van der Waals surface area contributed by atoms with Gasteiger partial charge in [0.05, 0.1) is 5.75 Å². The number of guanidine groups is 1. The van der Waals surface area contributed by atoms with Crippen LogP contribution in [0.3, 0.4) is 0 Å². The first kappa shape index (κ1) is 23.7. The molecule has 0 aliphatic carbocycles. The Balaban J connectivity index is 2.07. The van der Waals surface area contributed by atoms with Crippen LogP contribution in [-0.2, 0) is 9.84 Å². The highest BCUT2D eigenvalue weighted by Gasteiger charge is 2.31. The molecular formula is C23H39N3O2S. The number of nitrogens with zero attached hydrogens (tertiary/aromatic N) is 2. The number of sulfone groups is 1. The Hall–Kier alpha value is -1.56. The van der Waals surface area contributed by atoms with Crippen LogP contribution in [0.5, 0.6) is 0 Å². The lowest BCUT2D eigenvalue weighted by Crippen LogP contribution is -2.48. The molecule has 1 saturated heterocycles. The number of hydrogen-bond donors (Lipinski definition) is 1. The molecule has 0 saturated carbocycles. The van der Waals surface area contributed by atoms with Crippen molar-refractivity contribution >= 4 is 15.8 Å². The van der Waals surface area contributed by atoms with Gasteiger partial charge in [0.1, 0.15) is 9.84 Å². The fraction of sp³-hybridized carbons (Fsp3) is 0.696. The van der Waals surface area contributed by atoms with Gasteiger partial charge in [0.2, 0.25) is 0 Å². The van der Waals surface area contributed by atoms with Crippen molar-refractivity contribution in [1.82, 2.24) is 10.2 Å². The van der Waals surface area contributed by atoms with E-state index in [1.54, 1.807) is 0 Å². The van der Waals surface area contributed by atoms with Gasteiger partial charge in [-0.1, -0.05) is 57.5 Å². The highest BCUT2D eigenvalue weighted by Crippen LogP contribution is 2.35.